The lowest BCUT2D eigenvalue weighted by atomic mass is 9.90. The predicted octanol–water partition coefficient (Wildman–Crippen LogP) is 2.51. The summed E-state index contributed by atoms with van der Waals surface area (Å²) in [5.74, 6) is 0.305. The lowest BCUT2D eigenvalue weighted by molar-refractivity contribution is -0.156. The number of nitrogens with zero attached hydrogens (tertiary/aromatic N) is 1. The van der Waals surface area contributed by atoms with Gasteiger partial charge in [-0.1, -0.05) is 0 Å². The summed E-state index contributed by atoms with van der Waals surface area (Å²) in [6, 6.07) is 0. The second-order valence-corrected chi connectivity index (χ2v) is 9.08. The molecule has 2 saturated carbocycles. The Balaban J connectivity index is 1.20. The number of hydrogen-bond donors (Lipinski definition) is 0. The molecule has 0 aromatic heterocycles. The van der Waals surface area contributed by atoms with Gasteiger partial charge in [0.25, 0.3) is 0 Å². The molecule has 6 atom stereocenters. The zero-order valence-corrected chi connectivity index (χ0v) is 16.5. The van der Waals surface area contributed by atoms with Gasteiger partial charge < -0.3 is 18.9 Å². The first-order valence-corrected chi connectivity index (χ1v) is 10.2. The fraction of sp³-hybridized carbons (Fsp3) is 0.900. The van der Waals surface area contributed by atoms with Gasteiger partial charge in [-0.3, -0.25) is 4.90 Å². The summed E-state index contributed by atoms with van der Waals surface area (Å²) in [5, 5.41) is 0. The van der Waals surface area contributed by atoms with Gasteiger partial charge in [-0.2, -0.15) is 0 Å². The van der Waals surface area contributed by atoms with Crippen LogP contribution in [-0.2, 0) is 23.7 Å². The highest BCUT2D eigenvalue weighted by atomic mass is 16.6. The molecule has 0 aromatic carbocycles. The number of amides is 1. The number of likely N-dealkylation sites (N-methyl/N-ethyl adjacent to an activating group) is 1. The summed E-state index contributed by atoms with van der Waals surface area (Å²) in [4.78, 5) is 26.4. The van der Waals surface area contributed by atoms with Crippen molar-refractivity contribution in [2.24, 2.45) is 11.8 Å². The van der Waals surface area contributed by atoms with E-state index in [2.05, 4.69) is 0 Å². The van der Waals surface area contributed by atoms with Crippen molar-refractivity contribution in [3.8, 4) is 0 Å². The number of fused-ring (bicyclic) bond motifs is 2. The van der Waals surface area contributed by atoms with Crippen LogP contribution in [0, 0.1) is 11.8 Å². The minimum absolute atomic E-state index is 0.348. The van der Waals surface area contributed by atoms with Gasteiger partial charge >= 0.3 is 12.1 Å². The molecule has 0 aromatic rings. The lowest BCUT2D eigenvalue weighted by Crippen LogP contribution is -2.52. The molecule has 1 amide bonds. The molecule has 7 heteroatoms. The summed E-state index contributed by atoms with van der Waals surface area (Å²) in [6.07, 6.45) is 7.20. The molecule has 27 heavy (non-hydrogen) atoms. The third-order valence-corrected chi connectivity index (χ3v) is 6.73. The van der Waals surface area contributed by atoms with E-state index in [1.165, 1.54) is 4.90 Å². The molecule has 4 aliphatic rings. The Labute approximate surface area is 160 Å². The van der Waals surface area contributed by atoms with E-state index in [4.69, 9.17) is 18.9 Å². The summed E-state index contributed by atoms with van der Waals surface area (Å²) in [7, 11) is 1.59. The van der Waals surface area contributed by atoms with Crippen molar-refractivity contribution in [2.45, 2.75) is 82.3 Å². The second kappa shape index (κ2) is 7.24. The second-order valence-electron chi connectivity index (χ2n) is 9.08. The van der Waals surface area contributed by atoms with Crippen LogP contribution in [0.15, 0.2) is 0 Å². The van der Waals surface area contributed by atoms with Gasteiger partial charge in [-0.15, -0.1) is 0 Å². The van der Waals surface area contributed by atoms with Gasteiger partial charge in [-0.05, 0) is 64.2 Å². The fourth-order valence-electron chi connectivity index (χ4n) is 4.30. The van der Waals surface area contributed by atoms with Gasteiger partial charge in [0.05, 0.1) is 37.6 Å². The van der Waals surface area contributed by atoms with Gasteiger partial charge in [0.2, 0.25) is 0 Å². The largest absolute Gasteiger partial charge is 0.464 e. The van der Waals surface area contributed by atoms with Crippen LogP contribution in [0.1, 0.15) is 52.4 Å². The molecule has 0 radical (unpaired) electrons. The van der Waals surface area contributed by atoms with E-state index in [9.17, 15) is 9.59 Å². The van der Waals surface area contributed by atoms with E-state index in [0.717, 1.165) is 38.5 Å². The molecule has 0 bridgehead atoms. The first-order valence-electron chi connectivity index (χ1n) is 10.2. The maximum atomic E-state index is 12.6. The maximum absolute atomic E-state index is 12.6. The Bertz CT molecular complexity index is 593. The summed E-state index contributed by atoms with van der Waals surface area (Å²) in [6.45, 7) is 4.16. The Morgan fingerprint density at radius 3 is 1.93 bits per heavy atom. The van der Waals surface area contributed by atoms with Crippen molar-refractivity contribution in [1.29, 1.82) is 0 Å². The smallest absolute Gasteiger partial charge is 0.410 e. The van der Waals surface area contributed by atoms with Crippen LogP contribution in [0.2, 0.25) is 0 Å². The number of epoxide rings is 2. The number of carbonyl (C=O) groups excluding carboxylic acids is 2. The molecule has 6 unspecified atom stereocenters. The Kier molecular flexibility index (Phi) is 5.10. The minimum atomic E-state index is -1.07. The first kappa shape index (κ1) is 19.0. The molecular weight excluding hydrogens is 350 g/mol. The molecule has 2 aliphatic heterocycles. The molecule has 4 rings (SSSR count). The third kappa shape index (κ3) is 4.24. The number of hydrogen-bond acceptors (Lipinski definition) is 6. The predicted molar refractivity (Wildman–Crippen MR) is 96.2 cm³/mol. The monoisotopic (exact) mass is 381 g/mol. The average Bonchev–Trinajstić information content (AvgIpc) is 3.56. The van der Waals surface area contributed by atoms with Crippen LogP contribution < -0.4 is 0 Å². The fourth-order valence-corrected chi connectivity index (χ4v) is 4.30. The topological polar surface area (TPSA) is 80.9 Å². The number of ether oxygens (including phenoxy) is 4. The molecule has 2 heterocycles. The molecule has 0 spiro atoms. The highest BCUT2D eigenvalue weighted by Crippen LogP contribution is 2.40. The quantitative estimate of drug-likeness (QED) is 0.519. The minimum Gasteiger partial charge on any atom is -0.464 e. The Morgan fingerprint density at radius 1 is 0.889 bits per heavy atom. The van der Waals surface area contributed by atoms with Crippen molar-refractivity contribution >= 4 is 12.1 Å². The van der Waals surface area contributed by atoms with Crippen molar-refractivity contribution < 1.29 is 28.5 Å². The van der Waals surface area contributed by atoms with E-state index in [-0.39, 0.29) is 0 Å². The summed E-state index contributed by atoms with van der Waals surface area (Å²) >= 11 is 0. The van der Waals surface area contributed by atoms with Gasteiger partial charge in [0.1, 0.15) is 5.54 Å². The van der Waals surface area contributed by atoms with Crippen LogP contribution in [0.3, 0.4) is 0 Å². The van der Waals surface area contributed by atoms with Gasteiger partial charge in [-0.25, -0.2) is 9.59 Å². The standard InChI is InChI=1S/C20H31NO6/c1-20(2,18(22)24-10-12-4-6-14-16(8-12)26-14)21(3)19(23)25-11-13-5-7-15-17(9-13)27-15/h12-17H,4-11H2,1-3H3. The number of esters is 1. The Hall–Kier alpha value is -1.34. The van der Waals surface area contributed by atoms with E-state index in [0.29, 0.717) is 49.5 Å². The highest BCUT2D eigenvalue weighted by Gasteiger charge is 2.46. The normalized spacial score (nSPS) is 36.9. The number of rotatable bonds is 6. The lowest BCUT2D eigenvalue weighted by Gasteiger charge is -2.33. The molecule has 4 fully saturated rings. The van der Waals surface area contributed by atoms with Crippen molar-refractivity contribution in [1.82, 2.24) is 4.90 Å². The SMILES string of the molecule is CN(C(=O)OCC1CCC2OC2C1)C(C)(C)C(=O)OCC1CCC2OC2C1. The molecule has 2 aliphatic carbocycles. The van der Waals surface area contributed by atoms with Gasteiger partial charge in [0, 0.05) is 7.05 Å². The van der Waals surface area contributed by atoms with Crippen LogP contribution in [0.4, 0.5) is 4.79 Å². The van der Waals surface area contributed by atoms with Crippen LogP contribution in [-0.4, -0.2) is 67.2 Å². The molecular formula is C20H31NO6. The third-order valence-electron chi connectivity index (χ3n) is 6.73. The van der Waals surface area contributed by atoms with Crippen LogP contribution in [0.5, 0.6) is 0 Å². The van der Waals surface area contributed by atoms with E-state index < -0.39 is 17.6 Å². The molecule has 152 valence electrons. The summed E-state index contributed by atoms with van der Waals surface area (Å²) < 4.78 is 22.0. The van der Waals surface area contributed by atoms with Crippen molar-refractivity contribution in [3.63, 3.8) is 0 Å². The maximum Gasteiger partial charge on any atom is 0.410 e. The van der Waals surface area contributed by atoms with Crippen LogP contribution >= 0.6 is 0 Å². The highest BCUT2D eigenvalue weighted by molar-refractivity contribution is 5.84. The zero-order chi connectivity index (χ0) is 19.2. The van der Waals surface area contributed by atoms with E-state index in [1.54, 1.807) is 20.9 Å². The first-order chi connectivity index (χ1) is 12.8. The average molecular weight is 381 g/mol. The van der Waals surface area contributed by atoms with Gasteiger partial charge in [0.15, 0.2) is 0 Å². The zero-order valence-electron chi connectivity index (χ0n) is 16.5. The van der Waals surface area contributed by atoms with Crippen molar-refractivity contribution in [2.75, 3.05) is 20.3 Å². The van der Waals surface area contributed by atoms with Crippen molar-refractivity contribution in [3.05, 3.63) is 0 Å². The van der Waals surface area contributed by atoms with Crippen LogP contribution in [0.25, 0.3) is 0 Å². The van der Waals surface area contributed by atoms with E-state index in [1.807, 2.05) is 0 Å². The molecule has 7 nitrogen and oxygen atoms in total. The Morgan fingerprint density at radius 2 is 1.41 bits per heavy atom. The molecule has 2 saturated heterocycles. The van der Waals surface area contributed by atoms with E-state index >= 15 is 0 Å². The number of carbonyl (C=O) groups is 2. The summed E-state index contributed by atoms with van der Waals surface area (Å²) in [5.41, 5.74) is -1.07. The molecule has 0 N–H and O–H groups in total.